The Hall–Kier alpha value is -1.60. The van der Waals surface area contributed by atoms with Crippen molar-refractivity contribution in [2.45, 2.75) is 43.9 Å². The van der Waals surface area contributed by atoms with Gasteiger partial charge in [-0.25, -0.2) is 12.7 Å². The molecule has 0 unspecified atom stereocenters. The van der Waals surface area contributed by atoms with Crippen LogP contribution in [0.2, 0.25) is 0 Å². The Kier molecular flexibility index (Phi) is 6.23. The number of hydrogen-bond donors (Lipinski definition) is 1. The molecule has 0 spiro atoms. The maximum atomic E-state index is 12.5. The first-order chi connectivity index (χ1) is 11.3. The molecule has 24 heavy (non-hydrogen) atoms. The van der Waals surface area contributed by atoms with E-state index in [2.05, 4.69) is 5.32 Å². The molecule has 0 aromatic heterocycles. The van der Waals surface area contributed by atoms with Gasteiger partial charge in [-0.2, -0.15) is 0 Å². The fraction of sp³-hybridized carbons (Fsp3) is 0.588. The van der Waals surface area contributed by atoms with Crippen LogP contribution in [0.25, 0.3) is 0 Å². The molecule has 6 nitrogen and oxygen atoms in total. The van der Waals surface area contributed by atoms with Crippen LogP contribution in [0.3, 0.4) is 0 Å². The van der Waals surface area contributed by atoms with Crippen molar-refractivity contribution < 1.29 is 17.9 Å². The summed E-state index contributed by atoms with van der Waals surface area (Å²) in [7, 11) is -0.716. The van der Waals surface area contributed by atoms with Crippen molar-refractivity contribution in [3.05, 3.63) is 18.2 Å². The summed E-state index contributed by atoms with van der Waals surface area (Å²) in [5, 5.41) is 2.81. The minimum atomic E-state index is -3.65. The zero-order chi connectivity index (χ0) is 17.7. The highest BCUT2D eigenvalue weighted by Gasteiger charge is 2.24. The Morgan fingerprint density at radius 1 is 1.29 bits per heavy atom. The highest BCUT2D eigenvalue weighted by molar-refractivity contribution is 7.89. The molecule has 7 heteroatoms. The summed E-state index contributed by atoms with van der Waals surface area (Å²) in [6.45, 7) is 2.16. The van der Waals surface area contributed by atoms with Crippen molar-refractivity contribution in [2.24, 2.45) is 5.92 Å². The van der Waals surface area contributed by atoms with Crippen LogP contribution in [0.5, 0.6) is 5.75 Å². The molecule has 1 fully saturated rings. The van der Waals surface area contributed by atoms with Crippen molar-refractivity contribution in [1.29, 1.82) is 0 Å². The Balaban J connectivity index is 2.20. The molecule has 0 saturated heterocycles. The predicted octanol–water partition coefficient (Wildman–Crippen LogP) is 2.85. The fourth-order valence-corrected chi connectivity index (χ4v) is 4.00. The van der Waals surface area contributed by atoms with E-state index in [1.807, 2.05) is 0 Å². The van der Waals surface area contributed by atoms with Crippen LogP contribution in [0.1, 0.15) is 39.0 Å². The summed E-state index contributed by atoms with van der Waals surface area (Å²) < 4.78 is 31.5. The van der Waals surface area contributed by atoms with Gasteiger partial charge in [-0.05, 0) is 43.9 Å². The summed E-state index contributed by atoms with van der Waals surface area (Å²) >= 11 is 0. The van der Waals surface area contributed by atoms with Crippen molar-refractivity contribution in [1.82, 2.24) is 4.31 Å². The van der Waals surface area contributed by atoms with E-state index in [1.54, 1.807) is 19.1 Å². The number of sulfonamides is 1. The Labute approximate surface area is 144 Å². The Morgan fingerprint density at radius 3 is 2.54 bits per heavy atom. The molecular formula is C17H26N2O4S. The molecule has 1 aliphatic carbocycles. The quantitative estimate of drug-likeness (QED) is 0.817. The first-order valence-electron chi connectivity index (χ1n) is 8.33. The van der Waals surface area contributed by atoms with E-state index in [0.717, 1.165) is 17.1 Å². The lowest BCUT2D eigenvalue weighted by atomic mass is 10.0. The number of ether oxygens (including phenoxy) is 1. The number of benzene rings is 1. The lowest BCUT2D eigenvalue weighted by Crippen LogP contribution is -2.23. The number of carbonyl (C=O) groups excluding carboxylic acids is 1. The lowest BCUT2D eigenvalue weighted by Gasteiger charge is -2.17. The van der Waals surface area contributed by atoms with E-state index in [4.69, 9.17) is 4.74 Å². The van der Waals surface area contributed by atoms with Crippen LogP contribution in [0.4, 0.5) is 5.69 Å². The molecule has 2 rings (SSSR count). The van der Waals surface area contributed by atoms with E-state index in [9.17, 15) is 13.2 Å². The Morgan fingerprint density at radius 2 is 1.96 bits per heavy atom. The molecule has 1 amide bonds. The molecule has 1 aliphatic rings. The first-order valence-corrected chi connectivity index (χ1v) is 9.77. The average molecular weight is 354 g/mol. The molecule has 134 valence electrons. The van der Waals surface area contributed by atoms with E-state index in [0.29, 0.717) is 30.4 Å². The minimum Gasteiger partial charge on any atom is -0.492 e. The monoisotopic (exact) mass is 354 g/mol. The fourth-order valence-electron chi connectivity index (χ4n) is 2.95. The van der Waals surface area contributed by atoms with Crippen molar-refractivity contribution in [2.75, 3.05) is 26.0 Å². The van der Waals surface area contributed by atoms with Gasteiger partial charge < -0.3 is 10.1 Å². The number of nitrogens with zero attached hydrogens (tertiary/aromatic N) is 1. The van der Waals surface area contributed by atoms with Gasteiger partial charge >= 0.3 is 0 Å². The lowest BCUT2D eigenvalue weighted by molar-refractivity contribution is -0.117. The van der Waals surface area contributed by atoms with E-state index in [1.165, 1.54) is 33.0 Å². The third kappa shape index (κ3) is 4.48. The van der Waals surface area contributed by atoms with Crippen LogP contribution < -0.4 is 10.1 Å². The van der Waals surface area contributed by atoms with Gasteiger partial charge in [-0.1, -0.05) is 12.8 Å². The molecule has 0 aliphatic heterocycles. The number of rotatable bonds is 7. The number of hydrogen-bond acceptors (Lipinski definition) is 4. The Bertz CT molecular complexity index is 680. The van der Waals surface area contributed by atoms with E-state index < -0.39 is 10.0 Å². The second kappa shape index (κ2) is 7.98. The maximum Gasteiger partial charge on any atom is 0.246 e. The van der Waals surface area contributed by atoms with Crippen LogP contribution in [-0.4, -0.2) is 39.3 Å². The van der Waals surface area contributed by atoms with E-state index >= 15 is 0 Å². The third-order valence-electron chi connectivity index (χ3n) is 4.23. The molecule has 0 bridgehead atoms. The first kappa shape index (κ1) is 18.7. The second-order valence-electron chi connectivity index (χ2n) is 6.28. The van der Waals surface area contributed by atoms with E-state index in [-0.39, 0.29) is 10.8 Å². The van der Waals surface area contributed by atoms with Crippen LogP contribution in [0.15, 0.2) is 23.1 Å². The van der Waals surface area contributed by atoms with Crippen molar-refractivity contribution in [3.8, 4) is 5.75 Å². The predicted molar refractivity (Wildman–Crippen MR) is 93.7 cm³/mol. The molecule has 0 atom stereocenters. The summed E-state index contributed by atoms with van der Waals surface area (Å²) in [6, 6.07) is 4.73. The summed E-state index contributed by atoms with van der Waals surface area (Å²) in [5.74, 6) is 0.664. The van der Waals surface area contributed by atoms with Crippen molar-refractivity contribution >= 4 is 21.6 Å². The van der Waals surface area contributed by atoms with Crippen LogP contribution >= 0.6 is 0 Å². The SMILES string of the molecule is CCOc1ccc(NC(=O)CC2CCCC2)cc1S(=O)(=O)N(C)C. The molecule has 1 aromatic rings. The summed E-state index contributed by atoms with van der Waals surface area (Å²) in [4.78, 5) is 12.2. The van der Waals surface area contributed by atoms with Crippen LogP contribution in [0, 0.1) is 5.92 Å². The zero-order valence-electron chi connectivity index (χ0n) is 14.5. The van der Waals surface area contributed by atoms with Gasteiger partial charge in [-0.15, -0.1) is 0 Å². The standard InChI is InChI=1S/C17H26N2O4S/c1-4-23-15-10-9-14(12-16(15)24(21,22)19(2)3)18-17(20)11-13-7-5-6-8-13/h9-10,12-13H,4-8,11H2,1-3H3,(H,18,20). The molecule has 1 saturated carbocycles. The normalized spacial score (nSPS) is 15.7. The topological polar surface area (TPSA) is 75.7 Å². The molecule has 0 heterocycles. The molecule has 1 aromatic carbocycles. The van der Waals surface area contributed by atoms with Gasteiger partial charge in [0.2, 0.25) is 15.9 Å². The van der Waals surface area contributed by atoms with Gasteiger partial charge in [0.1, 0.15) is 10.6 Å². The van der Waals surface area contributed by atoms with Gasteiger partial charge in [0.25, 0.3) is 0 Å². The smallest absolute Gasteiger partial charge is 0.246 e. The van der Waals surface area contributed by atoms with Crippen molar-refractivity contribution in [3.63, 3.8) is 0 Å². The number of carbonyl (C=O) groups is 1. The highest BCUT2D eigenvalue weighted by atomic mass is 32.2. The molecule has 0 radical (unpaired) electrons. The minimum absolute atomic E-state index is 0.0630. The number of amides is 1. The van der Waals surface area contributed by atoms with Gasteiger partial charge in [0.15, 0.2) is 0 Å². The summed E-state index contributed by atoms with van der Waals surface area (Å²) in [5.41, 5.74) is 0.474. The third-order valence-corrected chi connectivity index (χ3v) is 6.07. The zero-order valence-corrected chi connectivity index (χ0v) is 15.4. The van der Waals surface area contributed by atoms with Gasteiger partial charge in [0, 0.05) is 26.2 Å². The number of anilines is 1. The number of nitrogens with one attached hydrogen (secondary N) is 1. The highest BCUT2D eigenvalue weighted by Crippen LogP contribution is 2.30. The molecular weight excluding hydrogens is 328 g/mol. The largest absolute Gasteiger partial charge is 0.492 e. The van der Waals surface area contributed by atoms with Gasteiger partial charge in [0.05, 0.1) is 6.61 Å². The molecule has 1 N–H and O–H groups in total. The average Bonchev–Trinajstić information content (AvgIpc) is 3.01. The van der Waals surface area contributed by atoms with Gasteiger partial charge in [-0.3, -0.25) is 4.79 Å². The van der Waals surface area contributed by atoms with Crippen LogP contribution in [-0.2, 0) is 14.8 Å². The maximum absolute atomic E-state index is 12.5. The summed E-state index contributed by atoms with van der Waals surface area (Å²) in [6.07, 6.45) is 5.05. The second-order valence-corrected chi connectivity index (χ2v) is 8.40.